The molecule has 0 bridgehead atoms. The van der Waals surface area contributed by atoms with E-state index < -0.39 is 0 Å². The zero-order valence-electron chi connectivity index (χ0n) is 5.56. The van der Waals surface area contributed by atoms with E-state index in [-0.39, 0.29) is 6.10 Å². The third kappa shape index (κ3) is 0.970. The van der Waals surface area contributed by atoms with Crippen LogP contribution in [0.5, 0.6) is 0 Å². The highest BCUT2D eigenvalue weighted by Crippen LogP contribution is 2.41. The molecule has 2 N–H and O–H groups in total. The average Bonchev–Trinajstić information content (AvgIpc) is 2.49. The first-order valence-corrected chi connectivity index (χ1v) is 3.74. The fourth-order valence-corrected chi connectivity index (χ4v) is 1.66. The van der Waals surface area contributed by atoms with Gasteiger partial charge in [0.25, 0.3) is 0 Å². The molecule has 0 aromatic rings. The Hall–Kier alpha value is -0.0800. The number of hydrogen-bond donors (Lipinski definition) is 2. The molecule has 2 fully saturated rings. The molecule has 1 aliphatic carbocycles. The van der Waals surface area contributed by atoms with Crippen LogP contribution in [0.1, 0.15) is 25.7 Å². The van der Waals surface area contributed by atoms with Gasteiger partial charge in [0.05, 0.1) is 6.10 Å². The van der Waals surface area contributed by atoms with Gasteiger partial charge in [-0.15, -0.1) is 0 Å². The van der Waals surface area contributed by atoms with E-state index in [4.69, 9.17) is 0 Å². The van der Waals surface area contributed by atoms with Gasteiger partial charge in [-0.25, -0.2) is 0 Å². The van der Waals surface area contributed by atoms with Crippen LogP contribution >= 0.6 is 0 Å². The van der Waals surface area contributed by atoms with Crippen LogP contribution < -0.4 is 5.32 Å². The third-order valence-corrected chi connectivity index (χ3v) is 2.46. The van der Waals surface area contributed by atoms with Crippen molar-refractivity contribution >= 4 is 0 Å². The molecule has 1 saturated carbocycles. The molecule has 0 aromatic carbocycles. The van der Waals surface area contributed by atoms with Crippen molar-refractivity contribution < 1.29 is 5.11 Å². The smallest absolute Gasteiger partial charge is 0.0569 e. The van der Waals surface area contributed by atoms with Crippen molar-refractivity contribution in [2.45, 2.75) is 37.3 Å². The summed E-state index contributed by atoms with van der Waals surface area (Å²) >= 11 is 0. The van der Waals surface area contributed by atoms with E-state index in [2.05, 4.69) is 5.32 Å². The lowest BCUT2D eigenvalue weighted by atomic mass is 10.0. The third-order valence-electron chi connectivity index (χ3n) is 2.46. The first-order chi connectivity index (χ1) is 4.31. The quantitative estimate of drug-likeness (QED) is 0.489. The van der Waals surface area contributed by atoms with E-state index in [1.165, 1.54) is 12.8 Å². The Morgan fingerprint density at radius 3 is 2.67 bits per heavy atom. The Labute approximate surface area is 55.3 Å². The summed E-state index contributed by atoms with van der Waals surface area (Å²) in [4.78, 5) is 0. The second-order valence-corrected chi connectivity index (χ2v) is 3.35. The maximum atomic E-state index is 9.24. The summed E-state index contributed by atoms with van der Waals surface area (Å²) in [5.74, 6) is 0. The number of aliphatic hydroxyl groups is 1. The van der Waals surface area contributed by atoms with Crippen molar-refractivity contribution in [1.82, 2.24) is 5.32 Å². The Kier molecular flexibility index (Phi) is 1.08. The van der Waals surface area contributed by atoms with Gasteiger partial charge < -0.3 is 10.4 Å². The van der Waals surface area contributed by atoms with E-state index in [1.807, 2.05) is 0 Å². The van der Waals surface area contributed by atoms with E-state index in [0.29, 0.717) is 5.54 Å². The molecule has 2 rings (SSSR count). The molecule has 1 saturated heterocycles. The number of piperidine rings is 1. The minimum absolute atomic E-state index is 0.0197. The topological polar surface area (TPSA) is 32.3 Å². The molecule has 2 heteroatoms. The van der Waals surface area contributed by atoms with Gasteiger partial charge in [-0.2, -0.15) is 0 Å². The normalized spacial score (nSPS) is 39.0. The van der Waals surface area contributed by atoms with Crippen molar-refractivity contribution in [2.75, 3.05) is 6.54 Å². The molecule has 0 amide bonds. The van der Waals surface area contributed by atoms with E-state index in [0.717, 1.165) is 19.4 Å². The fourth-order valence-electron chi connectivity index (χ4n) is 1.66. The Morgan fingerprint density at radius 2 is 2.22 bits per heavy atom. The molecule has 2 aliphatic rings. The predicted molar refractivity (Wildman–Crippen MR) is 35.2 cm³/mol. The number of nitrogens with one attached hydrogen (secondary N) is 1. The van der Waals surface area contributed by atoms with Gasteiger partial charge >= 0.3 is 0 Å². The summed E-state index contributed by atoms with van der Waals surface area (Å²) in [6.45, 7) is 1.02. The second-order valence-electron chi connectivity index (χ2n) is 3.35. The zero-order valence-corrected chi connectivity index (χ0v) is 5.56. The molecule has 2 nitrogen and oxygen atoms in total. The van der Waals surface area contributed by atoms with Gasteiger partial charge in [0.1, 0.15) is 0 Å². The molecular formula is C7H13NO. The Morgan fingerprint density at radius 1 is 1.44 bits per heavy atom. The van der Waals surface area contributed by atoms with Gasteiger partial charge in [-0.3, -0.25) is 0 Å². The molecule has 0 radical (unpaired) electrons. The minimum atomic E-state index is -0.0197. The van der Waals surface area contributed by atoms with Crippen LogP contribution in [0.25, 0.3) is 0 Å². The van der Waals surface area contributed by atoms with Crippen LogP contribution in [0.3, 0.4) is 0 Å². The molecular weight excluding hydrogens is 114 g/mol. The highest BCUT2D eigenvalue weighted by molar-refractivity contribution is 5.05. The van der Waals surface area contributed by atoms with Gasteiger partial charge in [-0.05, 0) is 32.2 Å². The standard InChI is InChI=1S/C7H13NO/c9-6-1-4-8-7(5-6)2-3-7/h6,8-9H,1-5H2/t6-/m0/s1. The summed E-state index contributed by atoms with van der Waals surface area (Å²) < 4.78 is 0. The van der Waals surface area contributed by atoms with Crippen molar-refractivity contribution in [3.8, 4) is 0 Å². The van der Waals surface area contributed by atoms with Crippen LogP contribution in [0.15, 0.2) is 0 Å². The molecule has 0 unspecified atom stereocenters. The maximum absolute atomic E-state index is 9.24. The minimum Gasteiger partial charge on any atom is -0.393 e. The maximum Gasteiger partial charge on any atom is 0.0569 e. The predicted octanol–water partition coefficient (Wildman–Crippen LogP) is 0.263. The number of hydrogen-bond acceptors (Lipinski definition) is 2. The Bertz CT molecular complexity index is 120. The monoisotopic (exact) mass is 127 g/mol. The van der Waals surface area contributed by atoms with Gasteiger partial charge in [0, 0.05) is 5.54 Å². The molecule has 1 atom stereocenters. The van der Waals surface area contributed by atoms with Crippen molar-refractivity contribution in [3.05, 3.63) is 0 Å². The summed E-state index contributed by atoms with van der Waals surface area (Å²) in [5, 5.41) is 12.7. The Balaban J connectivity index is 1.96. The fraction of sp³-hybridized carbons (Fsp3) is 1.00. The van der Waals surface area contributed by atoms with Crippen molar-refractivity contribution in [1.29, 1.82) is 0 Å². The van der Waals surface area contributed by atoms with Gasteiger partial charge in [0.15, 0.2) is 0 Å². The molecule has 1 aliphatic heterocycles. The molecule has 1 heterocycles. The first kappa shape index (κ1) is 5.69. The SMILES string of the molecule is O[C@H]1CCNC2(CC2)C1. The van der Waals surface area contributed by atoms with E-state index >= 15 is 0 Å². The highest BCUT2D eigenvalue weighted by Gasteiger charge is 2.45. The van der Waals surface area contributed by atoms with Crippen LogP contribution in [0.4, 0.5) is 0 Å². The molecule has 0 aromatic heterocycles. The van der Waals surface area contributed by atoms with E-state index in [1.54, 1.807) is 0 Å². The summed E-state index contributed by atoms with van der Waals surface area (Å²) in [6.07, 6.45) is 4.48. The van der Waals surface area contributed by atoms with Crippen LogP contribution in [-0.4, -0.2) is 23.3 Å². The van der Waals surface area contributed by atoms with Crippen LogP contribution in [0, 0.1) is 0 Å². The number of aliphatic hydroxyl groups excluding tert-OH is 1. The highest BCUT2D eigenvalue weighted by atomic mass is 16.3. The molecule has 9 heavy (non-hydrogen) atoms. The van der Waals surface area contributed by atoms with Crippen LogP contribution in [0.2, 0.25) is 0 Å². The largest absolute Gasteiger partial charge is 0.393 e. The van der Waals surface area contributed by atoms with Crippen LogP contribution in [-0.2, 0) is 0 Å². The van der Waals surface area contributed by atoms with Gasteiger partial charge in [-0.1, -0.05) is 0 Å². The first-order valence-electron chi connectivity index (χ1n) is 3.74. The van der Waals surface area contributed by atoms with Gasteiger partial charge in [0.2, 0.25) is 0 Å². The summed E-state index contributed by atoms with van der Waals surface area (Å²) in [7, 11) is 0. The lowest BCUT2D eigenvalue weighted by Gasteiger charge is -2.26. The van der Waals surface area contributed by atoms with E-state index in [9.17, 15) is 5.11 Å². The van der Waals surface area contributed by atoms with Crippen molar-refractivity contribution in [2.24, 2.45) is 0 Å². The zero-order chi connectivity index (χ0) is 6.32. The lowest BCUT2D eigenvalue weighted by molar-refractivity contribution is 0.110. The molecule has 1 spiro atoms. The summed E-state index contributed by atoms with van der Waals surface area (Å²) in [5.41, 5.74) is 0.400. The second kappa shape index (κ2) is 1.70. The number of rotatable bonds is 0. The lowest BCUT2D eigenvalue weighted by Crippen LogP contribution is -2.42. The van der Waals surface area contributed by atoms with Crippen molar-refractivity contribution in [3.63, 3.8) is 0 Å². The molecule has 52 valence electrons. The summed E-state index contributed by atoms with van der Waals surface area (Å²) in [6, 6.07) is 0. The average molecular weight is 127 g/mol.